The number of fused-ring (bicyclic) bond motifs is 2. The van der Waals surface area contributed by atoms with Gasteiger partial charge in [-0.2, -0.15) is 4.37 Å². The molecule has 5 rings (SSSR count). The number of hydrogen-bond donors (Lipinski definition) is 0. The maximum absolute atomic E-state index is 12.4. The highest BCUT2D eigenvalue weighted by atomic mass is 32.1. The van der Waals surface area contributed by atoms with Crippen LogP contribution in [0.4, 0.5) is 5.82 Å². The van der Waals surface area contributed by atoms with Crippen molar-refractivity contribution in [2.45, 2.75) is 12.8 Å². The Hall–Kier alpha value is -2.84. The predicted octanol–water partition coefficient (Wildman–Crippen LogP) is 2.89. The fraction of sp³-hybridized carbons (Fsp3) is 0.364. The molecule has 0 atom stereocenters. The number of rotatable bonds is 6. The van der Waals surface area contributed by atoms with E-state index in [9.17, 15) is 9.59 Å². The van der Waals surface area contributed by atoms with Gasteiger partial charge in [-0.25, -0.2) is 0 Å². The van der Waals surface area contributed by atoms with Crippen molar-refractivity contribution >= 4 is 39.3 Å². The highest BCUT2D eigenvalue weighted by molar-refractivity contribution is 7.13. The van der Waals surface area contributed by atoms with Gasteiger partial charge >= 0.3 is 0 Å². The van der Waals surface area contributed by atoms with Gasteiger partial charge in [0, 0.05) is 44.3 Å². The van der Waals surface area contributed by atoms with Crippen LogP contribution in [-0.4, -0.2) is 70.2 Å². The first kappa shape index (κ1) is 19.1. The Morgan fingerprint density at radius 3 is 2.53 bits per heavy atom. The minimum atomic E-state index is -0.264. The van der Waals surface area contributed by atoms with Gasteiger partial charge < -0.3 is 4.90 Å². The number of amides is 2. The molecule has 0 bridgehead atoms. The lowest BCUT2D eigenvalue weighted by molar-refractivity contribution is 0.0648. The second-order valence-electron chi connectivity index (χ2n) is 7.70. The number of benzene rings is 1. The molecule has 0 unspecified atom stereocenters. The molecule has 7 nitrogen and oxygen atoms in total. The van der Waals surface area contributed by atoms with Crippen molar-refractivity contribution < 1.29 is 9.59 Å². The van der Waals surface area contributed by atoms with E-state index in [2.05, 4.69) is 43.4 Å². The Balaban J connectivity index is 1.08. The summed E-state index contributed by atoms with van der Waals surface area (Å²) >= 11 is 1.56. The Bertz CT molecular complexity index is 1050. The lowest BCUT2D eigenvalue weighted by Gasteiger charge is -2.35. The van der Waals surface area contributed by atoms with Crippen LogP contribution in [-0.2, 0) is 0 Å². The molecule has 2 aromatic heterocycles. The largest absolute Gasteiger partial charge is 0.353 e. The molecule has 0 saturated carbocycles. The maximum Gasteiger partial charge on any atom is 0.280 e. The molecule has 30 heavy (non-hydrogen) atoms. The molecule has 3 aromatic rings. The molecule has 154 valence electrons. The van der Waals surface area contributed by atoms with Crippen molar-refractivity contribution in [3.8, 4) is 0 Å². The second-order valence-corrected chi connectivity index (χ2v) is 8.50. The zero-order valence-electron chi connectivity index (χ0n) is 16.7. The highest BCUT2D eigenvalue weighted by Crippen LogP contribution is 2.29. The summed E-state index contributed by atoms with van der Waals surface area (Å²) < 4.78 is 5.90. The van der Waals surface area contributed by atoms with Gasteiger partial charge in [-0.1, -0.05) is 12.1 Å². The predicted molar refractivity (Wildman–Crippen MR) is 117 cm³/mol. The van der Waals surface area contributed by atoms with Gasteiger partial charge in [0.05, 0.1) is 10.3 Å². The number of nitrogens with zero attached hydrogens (tertiary/aromatic N) is 5. The topological polar surface area (TPSA) is 69.6 Å². The molecule has 4 heterocycles. The van der Waals surface area contributed by atoms with Crippen LogP contribution in [0.2, 0.25) is 0 Å². The molecule has 0 spiro atoms. The van der Waals surface area contributed by atoms with Crippen LogP contribution in [0.3, 0.4) is 0 Å². The molecular formula is C22H23N5O2S. The number of anilines is 1. The van der Waals surface area contributed by atoms with E-state index in [-0.39, 0.29) is 17.5 Å². The number of unbranched alkanes of at least 4 members (excludes halogenated alkanes) is 1. The summed E-state index contributed by atoms with van der Waals surface area (Å²) in [6.07, 6.45) is 3.32. The molecule has 2 aliphatic heterocycles. The van der Waals surface area contributed by atoms with Gasteiger partial charge in [0.1, 0.15) is 11.5 Å². The Kier molecular flexibility index (Phi) is 5.18. The van der Waals surface area contributed by atoms with Crippen LogP contribution in [0.5, 0.6) is 0 Å². The number of carbonyl (C=O) groups excluding carboxylic acids is 2. The normalized spacial score (nSPS) is 17.2. The van der Waals surface area contributed by atoms with E-state index in [4.69, 9.17) is 0 Å². The van der Waals surface area contributed by atoms with Crippen LogP contribution in [0.1, 0.15) is 33.7 Å². The first-order chi connectivity index (χ1) is 14.7. The monoisotopic (exact) mass is 421 g/mol. The van der Waals surface area contributed by atoms with Crippen LogP contribution < -0.4 is 4.90 Å². The van der Waals surface area contributed by atoms with Gasteiger partial charge in [-0.05, 0) is 55.2 Å². The van der Waals surface area contributed by atoms with E-state index in [0.717, 1.165) is 51.4 Å². The molecule has 0 aliphatic carbocycles. The van der Waals surface area contributed by atoms with Gasteiger partial charge in [0.2, 0.25) is 0 Å². The SMILES string of the molecule is O=C1c2cccnc2C(=O)N1CCCCN1CCN(c2nsc3ccccc23)CC1. The fourth-order valence-electron chi connectivity index (χ4n) is 4.21. The van der Waals surface area contributed by atoms with E-state index < -0.39 is 0 Å². The quantitative estimate of drug-likeness (QED) is 0.450. The second kappa shape index (κ2) is 8.12. The standard InChI is InChI=1S/C22H23N5O2S/c28-21-17-7-5-9-23-19(17)22(29)27(21)11-4-3-10-25-12-14-26(15-13-25)20-16-6-1-2-8-18(16)30-24-20/h1-2,5-9H,3-4,10-15H2. The summed E-state index contributed by atoms with van der Waals surface area (Å²) in [4.78, 5) is 35.0. The number of carbonyl (C=O) groups is 2. The number of hydrogen-bond acceptors (Lipinski definition) is 7. The summed E-state index contributed by atoms with van der Waals surface area (Å²) in [5.74, 6) is 0.626. The summed E-state index contributed by atoms with van der Waals surface area (Å²) in [5, 5.41) is 1.24. The average molecular weight is 422 g/mol. The van der Waals surface area contributed by atoms with Crippen LogP contribution in [0.15, 0.2) is 42.6 Å². The molecule has 0 N–H and O–H groups in total. The molecule has 8 heteroatoms. The molecule has 1 fully saturated rings. The third kappa shape index (κ3) is 3.46. The first-order valence-electron chi connectivity index (χ1n) is 10.4. The number of pyridine rings is 1. The zero-order chi connectivity index (χ0) is 20.5. The van der Waals surface area contributed by atoms with Crippen molar-refractivity contribution in [1.29, 1.82) is 0 Å². The average Bonchev–Trinajstić information content (AvgIpc) is 3.32. The minimum Gasteiger partial charge on any atom is -0.353 e. The zero-order valence-corrected chi connectivity index (χ0v) is 17.5. The lowest BCUT2D eigenvalue weighted by Crippen LogP contribution is -2.46. The summed E-state index contributed by atoms with van der Waals surface area (Å²) in [6, 6.07) is 11.8. The molecule has 1 saturated heterocycles. The van der Waals surface area contributed by atoms with E-state index in [1.165, 1.54) is 15.0 Å². The molecule has 1 aromatic carbocycles. The van der Waals surface area contributed by atoms with Crippen molar-refractivity contribution in [1.82, 2.24) is 19.2 Å². The third-order valence-electron chi connectivity index (χ3n) is 5.87. The molecule has 0 radical (unpaired) electrons. The van der Waals surface area contributed by atoms with Crippen molar-refractivity contribution in [2.24, 2.45) is 0 Å². The van der Waals surface area contributed by atoms with Gasteiger partial charge in [0.15, 0.2) is 0 Å². The van der Waals surface area contributed by atoms with Crippen LogP contribution in [0.25, 0.3) is 10.1 Å². The fourth-order valence-corrected chi connectivity index (χ4v) is 5.00. The molecule has 2 amide bonds. The van der Waals surface area contributed by atoms with E-state index in [0.29, 0.717) is 12.1 Å². The minimum absolute atomic E-state index is 0.216. The summed E-state index contributed by atoms with van der Waals surface area (Å²) in [7, 11) is 0. The number of aromatic nitrogens is 2. The first-order valence-corrected chi connectivity index (χ1v) is 11.1. The lowest BCUT2D eigenvalue weighted by atomic mass is 10.2. The third-order valence-corrected chi connectivity index (χ3v) is 6.68. The summed E-state index contributed by atoms with van der Waals surface area (Å²) in [5.41, 5.74) is 0.710. The van der Waals surface area contributed by atoms with E-state index >= 15 is 0 Å². The van der Waals surface area contributed by atoms with Crippen molar-refractivity contribution in [3.05, 3.63) is 53.9 Å². The van der Waals surface area contributed by atoms with Crippen molar-refractivity contribution in [3.63, 3.8) is 0 Å². The van der Waals surface area contributed by atoms with Crippen LogP contribution >= 0.6 is 11.5 Å². The Labute approximate surface area is 179 Å². The van der Waals surface area contributed by atoms with Crippen molar-refractivity contribution in [2.75, 3.05) is 44.2 Å². The van der Waals surface area contributed by atoms with Gasteiger partial charge in [-0.15, -0.1) is 0 Å². The maximum atomic E-state index is 12.4. The van der Waals surface area contributed by atoms with Crippen LogP contribution in [0, 0.1) is 0 Å². The molecular weight excluding hydrogens is 398 g/mol. The highest BCUT2D eigenvalue weighted by Gasteiger charge is 2.36. The van der Waals surface area contributed by atoms with E-state index in [1.54, 1.807) is 29.9 Å². The Morgan fingerprint density at radius 2 is 1.70 bits per heavy atom. The smallest absolute Gasteiger partial charge is 0.280 e. The summed E-state index contributed by atoms with van der Waals surface area (Å²) in [6.45, 7) is 5.38. The number of imide groups is 1. The van der Waals surface area contributed by atoms with Gasteiger partial charge in [-0.3, -0.25) is 24.4 Å². The molecule has 2 aliphatic rings. The van der Waals surface area contributed by atoms with Gasteiger partial charge in [0.25, 0.3) is 11.8 Å². The van der Waals surface area contributed by atoms with E-state index in [1.807, 2.05) is 0 Å². The Morgan fingerprint density at radius 1 is 0.900 bits per heavy atom. The number of piperazine rings is 1.